The van der Waals surface area contributed by atoms with Gasteiger partial charge in [0.1, 0.15) is 17.4 Å². The number of hydrogen-bond donors (Lipinski definition) is 0. The van der Waals surface area contributed by atoms with E-state index in [0.29, 0.717) is 12.3 Å². The maximum atomic E-state index is 12.4. The Kier molecular flexibility index (Phi) is 7.79. The lowest BCUT2D eigenvalue weighted by molar-refractivity contribution is -0.132. The van der Waals surface area contributed by atoms with Gasteiger partial charge < -0.3 is 14.5 Å². The SMILES string of the molecule is CCCCc1cc(OC2CCN(CCC(=O)N3CCCCC3)CC2)c2ncccc2c1. The third-order valence-electron chi connectivity index (χ3n) is 6.73. The van der Waals surface area contributed by atoms with E-state index in [4.69, 9.17) is 4.74 Å². The van der Waals surface area contributed by atoms with Crippen LogP contribution in [0.1, 0.15) is 63.9 Å². The fraction of sp³-hybridized carbons (Fsp3) is 0.615. The first-order chi connectivity index (χ1) is 15.2. The molecular weight excluding hydrogens is 386 g/mol. The Balaban J connectivity index is 1.30. The smallest absolute Gasteiger partial charge is 0.223 e. The van der Waals surface area contributed by atoms with Gasteiger partial charge in [0, 0.05) is 50.7 Å². The summed E-state index contributed by atoms with van der Waals surface area (Å²) in [6.07, 6.45) is 11.8. The van der Waals surface area contributed by atoms with Gasteiger partial charge in [0.2, 0.25) is 5.91 Å². The van der Waals surface area contributed by atoms with Crippen molar-refractivity contribution in [2.24, 2.45) is 0 Å². The highest BCUT2D eigenvalue weighted by molar-refractivity contribution is 5.85. The Hall–Kier alpha value is -2.14. The van der Waals surface area contributed by atoms with Gasteiger partial charge in [-0.25, -0.2) is 0 Å². The lowest BCUT2D eigenvalue weighted by Gasteiger charge is -2.33. The standard InChI is InChI=1S/C26H37N3O2/c1-2-3-8-21-19-22-9-7-13-27-26(22)24(20-21)31-23-10-16-28(17-11-23)18-12-25(30)29-14-5-4-6-15-29/h7,9,13,19-20,23H,2-6,8,10-12,14-18H2,1H3. The number of rotatable bonds is 8. The van der Waals surface area contributed by atoms with Crippen molar-refractivity contribution < 1.29 is 9.53 Å². The summed E-state index contributed by atoms with van der Waals surface area (Å²) in [5, 5.41) is 1.17. The van der Waals surface area contributed by atoms with Gasteiger partial charge in [-0.2, -0.15) is 0 Å². The van der Waals surface area contributed by atoms with Gasteiger partial charge in [0.15, 0.2) is 0 Å². The van der Waals surface area contributed by atoms with Crippen molar-refractivity contribution in [3.8, 4) is 5.75 Å². The van der Waals surface area contributed by atoms with Crippen molar-refractivity contribution >= 4 is 16.8 Å². The number of carbonyl (C=O) groups excluding carboxylic acids is 1. The summed E-state index contributed by atoms with van der Waals surface area (Å²) in [4.78, 5) is 21.5. The number of nitrogens with zero attached hydrogens (tertiary/aromatic N) is 3. The number of pyridine rings is 1. The van der Waals surface area contributed by atoms with E-state index in [-0.39, 0.29) is 6.10 Å². The molecule has 0 aliphatic carbocycles. The zero-order valence-corrected chi connectivity index (χ0v) is 19.0. The van der Waals surface area contributed by atoms with Crippen molar-refractivity contribution in [3.63, 3.8) is 0 Å². The Morgan fingerprint density at radius 1 is 1.13 bits per heavy atom. The van der Waals surface area contributed by atoms with E-state index in [1.165, 1.54) is 30.2 Å². The highest BCUT2D eigenvalue weighted by atomic mass is 16.5. The van der Waals surface area contributed by atoms with Gasteiger partial charge in [-0.05, 0) is 68.7 Å². The zero-order chi connectivity index (χ0) is 21.5. The van der Waals surface area contributed by atoms with E-state index >= 15 is 0 Å². The van der Waals surface area contributed by atoms with Crippen molar-refractivity contribution in [1.82, 2.24) is 14.8 Å². The minimum atomic E-state index is 0.223. The van der Waals surface area contributed by atoms with E-state index in [2.05, 4.69) is 39.9 Å². The zero-order valence-electron chi connectivity index (χ0n) is 19.0. The first kappa shape index (κ1) is 22.1. The van der Waals surface area contributed by atoms with Crippen LogP contribution < -0.4 is 4.74 Å². The van der Waals surface area contributed by atoms with Crippen molar-refractivity contribution in [2.75, 3.05) is 32.7 Å². The number of likely N-dealkylation sites (tertiary alicyclic amines) is 2. The monoisotopic (exact) mass is 423 g/mol. The van der Waals surface area contributed by atoms with Crippen LogP contribution in [-0.4, -0.2) is 59.5 Å². The van der Waals surface area contributed by atoms with Gasteiger partial charge in [-0.3, -0.25) is 9.78 Å². The van der Waals surface area contributed by atoms with Gasteiger partial charge in [0.25, 0.3) is 0 Å². The lowest BCUT2D eigenvalue weighted by atomic mass is 10.0. The molecule has 5 nitrogen and oxygen atoms in total. The Labute approximate surface area is 186 Å². The maximum absolute atomic E-state index is 12.4. The summed E-state index contributed by atoms with van der Waals surface area (Å²) in [6, 6.07) is 8.59. The molecule has 0 saturated carbocycles. The number of ether oxygens (including phenoxy) is 1. The second-order valence-corrected chi connectivity index (χ2v) is 9.12. The highest BCUT2D eigenvalue weighted by Crippen LogP contribution is 2.29. The summed E-state index contributed by atoms with van der Waals surface area (Å²) in [5.74, 6) is 1.27. The largest absolute Gasteiger partial charge is 0.488 e. The number of hydrogen-bond acceptors (Lipinski definition) is 4. The highest BCUT2D eigenvalue weighted by Gasteiger charge is 2.23. The van der Waals surface area contributed by atoms with Crippen LogP contribution in [0.25, 0.3) is 10.9 Å². The second-order valence-electron chi connectivity index (χ2n) is 9.12. The van der Waals surface area contributed by atoms with E-state index < -0.39 is 0 Å². The molecule has 0 unspecified atom stereocenters. The fourth-order valence-corrected chi connectivity index (χ4v) is 4.82. The number of fused-ring (bicyclic) bond motifs is 1. The van der Waals surface area contributed by atoms with Gasteiger partial charge in [0.05, 0.1) is 0 Å². The topological polar surface area (TPSA) is 45.7 Å². The Bertz CT molecular complexity index is 855. The van der Waals surface area contributed by atoms with Crippen LogP contribution in [0.15, 0.2) is 30.5 Å². The second kappa shape index (κ2) is 10.9. The van der Waals surface area contributed by atoms with Gasteiger partial charge in [-0.1, -0.05) is 19.4 Å². The average Bonchev–Trinajstić information content (AvgIpc) is 2.82. The molecule has 2 saturated heterocycles. The molecule has 0 bridgehead atoms. The van der Waals surface area contributed by atoms with Crippen LogP contribution in [0.2, 0.25) is 0 Å². The molecule has 2 aliphatic rings. The molecule has 2 fully saturated rings. The number of unbranched alkanes of at least 4 members (excludes halogenated alkanes) is 1. The number of carbonyl (C=O) groups is 1. The summed E-state index contributed by atoms with van der Waals surface area (Å²) in [6.45, 7) is 7.01. The molecular formula is C26H37N3O2. The molecule has 2 aromatic rings. The summed E-state index contributed by atoms with van der Waals surface area (Å²) < 4.78 is 6.49. The van der Waals surface area contributed by atoms with E-state index in [1.54, 1.807) is 0 Å². The minimum absolute atomic E-state index is 0.223. The minimum Gasteiger partial charge on any atom is -0.488 e. The molecule has 4 rings (SSSR count). The van der Waals surface area contributed by atoms with E-state index in [1.807, 2.05) is 12.3 Å². The van der Waals surface area contributed by atoms with Crippen LogP contribution in [0.4, 0.5) is 0 Å². The normalized spacial score (nSPS) is 18.4. The number of amides is 1. The molecule has 31 heavy (non-hydrogen) atoms. The van der Waals surface area contributed by atoms with E-state index in [9.17, 15) is 4.79 Å². The predicted octanol–water partition coefficient (Wildman–Crippen LogP) is 4.82. The molecule has 0 atom stereocenters. The van der Waals surface area contributed by atoms with Crippen LogP contribution in [0.3, 0.4) is 0 Å². The van der Waals surface area contributed by atoms with Crippen LogP contribution >= 0.6 is 0 Å². The molecule has 5 heteroatoms. The Morgan fingerprint density at radius 2 is 1.94 bits per heavy atom. The average molecular weight is 424 g/mol. The van der Waals surface area contributed by atoms with E-state index in [0.717, 1.165) is 76.1 Å². The van der Waals surface area contributed by atoms with Crippen molar-refractivity contribution in [1.29, 1.82) is 0 Å². The third kappa shape index (κ3) is 5.97. The van der Waals surface area contributed by atoms with Crippen LogP contribution in [0, 0.1) is 0 Å². The molecule has 168 valence electrons. The molecule has 1 aromatic carbocycles. The molecule has 0 radical (unpaired) electrons. The fourth-order valence-electron chi connectivity index (χ4n) is 4.82. The molecule has 1 amide bonds. The molecule has 3 heterocycles. The summed E-state index contributed by atoms with van der Waals surface area (Å²) in [5.41, 5.74) is 2.31. The van der Waals surface area contributed by atoms with Crippen LogP contribution in [-0.2, 0) is 11.2 Å². The maximum Gasteiger partial charge on any atom is 0.223 e. The molecule has 2 aliphatic heterocycles. The quantitative estimate of drug-likeness (QED) is 0.610. The number of aromatic nitrogens is 1. The first-order valence-electron chi connectivity index (χ1n) is 12.3. The predicted molar refractivity (Wildman–Crippen MR) is 125 cm³/mol. The molecule has 0 spiro atoms. The number of piperidine rings is 2. The van der Waals surface area contributed by atoms with Crippen molar-refractivity contribution in [3.05, 3.63) is 36.0 Å². The van der Waals surface area contributed by atoms with Crippen LogP contribution in [0.5, 0.6) is 5.75 Å². The number of aryl methyl sites for hydroxylation is 1. The Morgan fingerprint density at radius 3 is 2.71 bits per heavy atom. The molecule has 1 aromatic heterocycles. The summed E-state index contributed by atoms with van der Waals surface area (Å²) >= 11 is 0. The van der Waals surface area contributed by atoms with Gasteiger partial charge >= 0.3 is 0 Å². The van der Waals surface area contributed by atoms with Gasteiger partial charge in [-0.15, -0.1) is 0 Å². The lowest BCUT2D eigenvalue weighted by Crippen LogP contribution is -2.41. The van der Waals surface area contributed by atoms with Crippen molar-refractivity contribution in [2.45, 2.75) is 70.8 Å². The number of benzene rings is 1. The first-order valence-corrected chi connectivity index (χ1v) is 12.3. The summed E-state index contributed by atoms with van der Waals surface area (Å²) in [7, 11) is 0. The molecule has 0 N–H and O–H groups in total. The third-order valence-corrected chi connectivity index (χ3v) is 6.73.